The van der Waals surface area contributed by atoms with Crippen molar-refractivity contribution in [3.63, 3.8) is 0 Å². The van der Waals surface area contributed by atoms with Crippen molar-refractivity contribution < 1.29 is 19.5 Å². The van der Waals surface area contributed by atoms with Gasteiger partial charge in [0.2, 0.25) is 11.8 Å². The molecule has 0 aliphatic heterocycles. The van der Waals surface area contributed by atoms with Gasteiger partial charge in [0.15, 0.2) is 0 Å². The zero-order valence-electron chi connectivity index (χ0n) is 13.2. The van der Waals surface area contributed by atoms with Crippen molar-refractivity contribution in [3.8, 4) is 0 Å². The molecule has 23 heavy (non-hydrogen) atoms. The molecule has 0 unspecified atom stereocenters. The second kappa shape index (κ2) is 7.09. The molecule has 0 aliphatic carbocycles. The summed E-state index contributed by atoms with van der Waals surface area (Å²) in [5.74, 6) is -2.12. The van der Waals surface area contributed by atoms with Crippen LogP contribution in [0.3, 0.4) is 0 Å². The van der Waals surface area contributed by atoms with Crippen molar-refractivity contribution in [2.45, 2.75) is 39.2 Å². The average Bonchev–Trinajstić information content (AvgIpc) is 2.96. The summed E-state index contributed by atoms with van der Waals surface area (Å²) in [5.41, 5.74) is 1.66. The molecular weight excluding hydrogens is 296 g/mol. The summed E-state index contributed by atoms with van der Waals surface area (Å²) in [4.78, 5) is 39.8. The number of H-pyrrole nitrogens is 1. The molecule has 0 radical (unpaired) electrons. The number of para-hydroxylation sites is 1. The van der Waals surface area contributed by atoms with Gasteiger partial charge in [0.25, 0.3) is 0 Å². The second-order valence-corrected chi connectivity index (χ2v) is 5.28. The first-order valence-corrected chi connectivity index (χ1v) is 7.62. The molecule has 6 heteroatoms. The minimum Gasteiger partial charge on any atom is -0.480 e. The highest BCUT2D eigenvalue weighted by molar-refractivity contribution is 5.99. The van der Waals surface area contributed by atoms with Gasteiger partial charge < -0.3 is 10.1 Å². The highest BCUT2D eigenvalue weighted by Gasteiger charge is 2.33. The summed E-state index contributed by atoms with van der Waals surface area (Å²) in [6.45, 7) is 3.23. The number of nitrogens with zero attached hydrogens (tertiary/aromatic N) is 1. The van der Waals surface area contributed by atoms with Crippen molar-refractivity contribution >= 4 is 28.7 Å². The van der Waals surface area contributed by atoms with Crippen molar-refractivity contribution in [2.75, 3.05) is 0 Å². The Morgan fingerprint density at radius 1 is 1.13 bits per heavy atom. The van der Waals surface area contributed by atoms with Crippen LogP contribution in [0.1, 0.15) is 32.3 Å². The number of amides is 2. The van der Waals surface area contributed by atoms with Crippen LogP contribution >= 0.6 is 0 Å². The molecule has 0 saturated carbocycles. The van der Waals surface area contributed by atoms with Crippen LogP contribution in [0, 0.1) is 0 Å². The molecule has 2 rings (SSSR count). The third-order valence-electron chi connectivity index (χ3n) is 3.83. The third-order valence-corrected chi connectivity index (χ3v) is 3.83. The van der Waals surface area contributed by atoms with E-state index in [1.165, 1.54) is 0 Å². The number of hydrogen-bond acceptors (Lipinski definition) is 3. The van der Waals surface area contributed by atoms with Crippen LogP contribution in [-0.4, -0.2) is 38.8 Å². The first-order valence-electron chi connectivity index (χ1n) is 7.62. The number of fused-ring (bicyclic) bond motifs is 1. The maximum atomic E-state index is 12.1. The maximum absolute atomic E-state index is 12.1. The van der Waals surface area contributed by atoms with Gasteiger partial charge in [-0.1, -0.05) is 32.0 Å². The Morgan fingerprint density at radius 3 is 2.30 bits per heavy atom. The molecule has 0 saturated heterocycles. The summed E-state index contributed by atoms with van der Waals surface area (Å²) in [6.07, 6.45) is 1.98. The van der Waals surface area contributed by atoms with E-state index < -0.39 is 23.8 Å². The van der Waals surface area contributed by atoms with E-state index in [2.05, 4.69) is 4.98 Å². The number of benzene rings is 1. The molecule has 1 heterocycles. The van der Waals surface area contributed by atoms with Gasteiger partial charge in [-0.2, -0.15) is 0 Å². The van der Waals surface area contributed by atoms with Crippen LogP contribution in [0.15, 0.2) is 30.5 Å². The summed E-state index contributed by atoms with van der Waals surface area (Å²) in [5, 5.41) is 10.4. The molecule has 0 spiro atoms. The number of imide groups is 1. The Morgan fingerprint density at radius 2 is 1.74 bits per heavy atom. The summed E-state index contributed by atoms with van der Waals surface area (Å²) in [6, 6.07) is 6.31. The van der Waals surface area contributed by atoms with Gasteiger partial charge in [0.1, 0.15) is 6.04 Å². The van der Waals surface area contributed by atoms with Gasteiger partial charge in [0, 0.05) is 36.4 Å². The van der Waals surface area contributed by atoms with E-state index in [0.717, 1.165) is 21.4 Å². The van der Waals surface area contributed by atoms with E-state index in [9.17, 15) is 19.5 Å². The standard InChI is InChI=1S/C17H20N2O4/c1-3-15(20)19(16(21)4-2)14(17(22)23)9-11-10-18-13-8-6-5-7-12(11)13/h5-8,10,14,18H,3-4,9H2,1-2H3,(H,22,23)/t14-/m0/s1. The molecule has 0 fully saturated rings. The van der Waals surface area contributed by atoms with E-state index in [-0.39, 0.29) is 19.3 Å². The number of carbonyl (C=O) groups is 3. The predicted octanol–water partition coefficient (Wildman–Crippen LogP) is 2.34. The lowest BCUT2D eigenvalue weighted by atomic mass is 10.0. The van der Waals surface area contributed by atoms with E-state index in [0.29, 0.717) is 0 Å². The maximum Gasteiger partial charge on any atom is 0.327 e. The van der Waals surface area contributed by atoms with Gasteiger partial charge in [-0.25, -0.2) is 4.79 Å². The van der Waals surface area contributed by atoms with Gasteiger partial charge in [0.05, 0.1) is 0 Å². The molecule has 1 aromatic carbocycles. The Hall–Kier alpha value is -2.63. The zero-order valence-corrected chi connectivity index (χ0v) is 13.2. The number of aromatic nitrogens is 1. The van der Waals surface area contributed by atoms with Crippen LogP contribution in [-0.2, 0) is 20.8 Å². The summed E-state index contributed by atoms with van der Waals surface area (Å²) in [7, 11) is 0. The summed E-state index contributed by atoms with van der Waals surface area (Å²) < 4.78 is 0. The van der Waals surface area contributed by atoms with Crippen molar-refractivity contribution in [2.24, 2.45) is 0 Å². The van der Waals surface area contributed by atoms with E-state index in [1.807, 2.05) is 24.3 Å². The number of carboxylic acids is 1. The topological polar surface area (TPSA) is 90.5 Å². The molecule has 2 aromatic rings. The van der Waals surface area contributed by atoms with E-state index in [4.69, 9.17) is 0 Å². The third kappa shape index (κ3) is 3.41. The zero-order chi connectivity index (χ0) is 17.0. The van der Waals surface area contributed by atoms with Gasteiger partial charge in [-0.15, -0.1) is 0 Å². The number of aliphatic carboxylic acids is 1. The minimum absolute atomic E-state index is 0.0802. The Labute approximate surface area is 134 Å². The fraction of sp³-hybridized carbons (Fsp3) is 0.353. The molecule has 2 N–H and O–H groups in total. The fourth-order valence-electron chi connectivity index (χ4n) is 2.63. The molecule has 122 valence electrons. The van der Waals surface area contributed by atoms with Crippen molar-refractivity contribution in [3.05, 3.63) is 36.0 Å². The van der Waals surface area contributed by atoms with Gasteiger partial charge in [-0.3, -0.25) is 14.5 Å². The van der Waals surface area contributed by atoms with Gasteiger partial charge in [-0.05, 0) is 11.6 Å². The smallest absolute Gasteiger partial charge is 0.327 e. The first-order chi connectivity index (χ1) is 11.0. The molecular formula is C17H20N2O4. The molecule has 0 bridgehead atoms. The monoisotopic (exact) mass is 316 g/mol. The first kappa shape index (κ1) is 16.7. The average molecular weight is 316 g/mol. The minimum atomic E-state index is -1.20. The Kier molecular flexibility index (Phi) is 5.16. The normalized spacial score (nSPS) is 12.1. The lowest BCUT2D eigenvalue weighted by Crippen LogP contribution is -2.49. The SMILES string of the molecule is CCC(=O)N(C(=O)CC)[C@@H](Cc1c[nH]c2ccccc12)C(=O)O. The molecule has 2 amide bonds. The molecule has 0 aliphatic rings. The number of rotatable bonds is 6. The van der Waals surface area contributed by atoms with Crippen LogP contribution in [0.5, 0.6) is 0 Å². The van der Waals surface area contributed by atoms with Crippen LogP contribution in [0.25, 0.3) is 10.9 Å². The molecule has 1 aromatic heterocycles. The molecule has 1 atom stereocenters. The predicted molar refractivity (Wildman–Crippen MR) is 85.9 cm³/mol. The lowest BCUT2D eigenvalue weighted by molar-refractivity contribution is -0.157. The van der Waals surface area contributed by atoms with E-state index >= 15 is 0 Å². The van der Waals surface area contributed by atoms with Crippen molar-refractivity contribution in [1.29, 1.82) is 0 Å². The number of nitrogens with one attached hydrogen (secondary N) is 1. The molecule has 6 nitrogen and oxygen atoms in total. The largest absolute Gasteiger partial charge is 0.480 e. The van der Waals surface area contributed by atoms with Gasteiger partial charge >= 0.3 is 5.97 Å². The number of carboxylic acid groups (broad SMARTS) is 1. The van der Waals surface area contributed by atoms with E-state index in [1.54, 1.807) is 20.0 Å². The fourth-order valence-corrected chi connectivity index (χ4v) is 2.63. The quantitative estimate of drug-likeness (QED) is 0.856. The van der Waals surface area contributed by atoms with Crippen molar-refractivity contribution in [1.82, 2.24) is 9.88 Å². The number of carbonyl (C=O) groups excluding carboxylic acids is 2. The highest BCUT2D eigenvalue weighted by Crippen LogP contribution is 2.21. The number of aromatic amines is 1. The lowest BCUT2D eigenvalue weighted by Gasteiger charge is -2.26. The highest BCUT2D eigenvalue weighted by atomic mass is 16.4. The van der Waals surface area contributed by atoms with Crippen LogP contribution in [0.4, 0.5) is 0 Å². The Balaban J connectivity index is 2.39. The second-order valence-electron chi connectivity index (χ2n) is 5.28. The van der Waals surface area contributed by atoms with Crippen LogP contribution in [0.2, 0.25) is 0 Å². The van der Waals surface area contributed by atoms with Crippen LogP contribution < -0.4 is 0 Å². The summed E-state index contributed by atoms with van der Waals surface area (Å²) >= 11 is 0. The Bertz CT molecular complexity index is 719. The number of hydrogen-bond donors (Lipinski definition) is 2.